The second kappa shape index (κ2) is 9.64. The Kier molecular flexibility index (Phi) is 6.40. The van der Waals surface area contributed by atoms with E-state index in [1.807, 2.05) is 49.4 Å². The predicted molar refractivity (Wildman–Crippen MR) is 140 cm³/mol. The van der Waals surface area contributed by atoms with Crippen LogP contribution in [0.25, 0.3) is 10.2 Å². The van der Waals surface area contributed by atoms with Gasteiger partial charge in [0.05, 0.1) is 33.3 Å². The highest BCUT2D eigenvalue weighted by molar-refractivity contribution is 7.22. The van der Waals surface area contributed by atoms with Gasteiger partial charge in [-0.3, -0.25) is 14.5 Å². The Bertz CT molecular complexity index is 1420. The number of aromatic nitrogens is 1. The maximum atomic E-state index is 13.5. The summed E-state index contributed by atoms with van der Waals surface area (Å²) in [6, 6.07) is 15.9. The first-order valence-electron chi connectivity index (χ1n) is 11.4. The molecule has 178 valence electrons. The van der Waals surface area contributed by atoms with Crippen molar-refractivity contribution in [3.63, 3.8) is 0 Å². The molecule has 1 aliphatic rings. The van der Waals surface area contributed by atoms with Crippen molar-refractivity contribution in [2.24, 2.45) is 0 Å². The van der Waals surface area contributed by atoms with Crippen LogP contribution in [0.5, 0.6) is 5.75 Å². The lowest BCUT2D eigenvalue weighted by Crippen LogP contribution is -2.30. The van der Waals surface area contributed by atoms with Crippen LogP contribution in [0.2, 0.25) is 0 Å². The number of carbonyl (C=O) groups is 2. The summed E-state index contributed by atoms with van der Waals surface area (Å²) < 4.78 is 6.72. The summed E-state index contributed by atoms with van der Waals surface area (Å²) in [6.45, 7) is 4.72. The highest BCUT2D eigenvalue weighted by Gasteiger charge is 2.46. The zero-order chi connectivity index (χ0) is 24.5. The summed E-state index contributed by atoms with van der Waals surface area (Å²) in [5, 5.41) is 13.2. The highest BCUT2D eigenvalue weighted by Crippen LogP contribution is 2.44. The number of amides is 1. The number of ether oxygens (including phenoxy) is 1. The van der Waals surface area contributed by atoms with Crippen molar-refractivity contribution in [2.45, 2.75) is 32.7 Å². The third kappa shape index (κ3) is 4.35. The number of aliphatic hydroxyl groups excluding tert-OH is 1. The Balaban J connectivity index is 1.59. The van der Waals surface area contributed by atoms with E-state index in [2.05, 4.69) is 11.9 Å². The minimum absolute atomic E-state index is 0.0625. The Morgan fingerprint density at radius 1 is 1.17 bits per heavy atom. The van der Waals surface area contributed by atoms with Gasteiger partial charge in [-0.05, 0) is 60.2 Å². The minimum Gasteiger partial charge on any atom is -0.503 e. The van der Waals surface area contributed by atoms with Gasteiger partial charge < -0.3 is 9.84 Å². The first kappa shape index (κ1) is 23.3. The first-order valence-corrected chi connectivity index (χ1v) is 13.1. The van der Waals surface area contributed by atoms with Gasteiger partial charge in [-0.1, -0.05) is 48.9 Å². The molecule has 0 bridgehead atoms. The third-order valence-electron chi connectivity index (χ3n) is 5.90. The minimum atomic E-state index is -0.802. The molecule has 1 N–H and O–H groups in total. The molecule has 0 fully saturated rings. The number of nitrogens with zero attached hydrogens (tertiary/aromatic N) is 2. The molecule has 3 heterocycles. The average molecular weight is 505 g/mol. The molecule has 2 aromatic heterocycles. The lowest BCUT2D eigenvalue weighted by atomic mass is 9.95. The number of rotatable bonds is 8. The molecule has 5 rings (SSSR count). The van der Waals surface area contributed by atoms with Crippen molar-refractivity contribution in [1.82, 2.24) is 4.98 Å². The normalized spacial score (nSPS) is 15.9. The van der Waals surface area contributed by atoms with Gasteiger partial charge in [-0.2, -0.15) is 0 Å². The van der Waals surface area contributed by atoms with E-state index in [0.717, 1.165) is 28.6 Å². The van der Waals surface area contributed by atoms with E-state index in [-0.39, 0.29) is 11.4 Å². The van der Waals surface area contributed by atoms with E-state index in [0.29, 0.717) is 27.9 Å². The first-order chi connectivity index (χ1) is 17.0. The number of ketones is 1. The van der Waals surface area contributed by atoms with Crippen LogP contribution >= 0.6 is 22.7 Å². The second-order valence-corrected chi connectivity index (χ2v) is 10.3. The summed E-state index contributed by atoms with van der Waals surface area (Å²) >= 11 is 2.64. The Hall–Kier alpha value is -3.49. The number of thiophene rings is 1. The van der Waals surface area contributed by atoms with Crippen molar-refractivity contribution < 1.29 is 19.4 Å². The number of hydrogen-bond acceptors (Lipinski definition) is 7. The Labute approximate surface area is 211 Å². The van der Waals surface area contributed by atoms with Gasteiger partial charge in [0.15, 0.2) is 10.9 Å². The number of aryl methyl sites for hydroxylation is 1. The Morgan fingerprint density at radius 3 is 2.69 bits per heavy atom. The van der Waals surface area contributed by atoms with E-state index in [1.54, 1.807) is 17.5 Å². The van der Waals surface area contributed by atoms with Gasteiger partial charge in [0.25, 0.3) is 5.91 Å². The molecule has 1 amide bonds. The number of thiazole rings is 1. The van der Waals surface area contributed by atoms with Crippen LogP contribution in [0.15, 0.2) is 71.3 Å². The van der Waals surface area contributed by atoms with Gasteiger partial charge in [-0.15, -0.1) is 11.3 Å². The van der Waals surface area contributed by atoms with E-state index in [1.165, 1.54) is 27.6 Å². The zero-order valence-corrected chi connectivity index (χ0v) is 21.0. The van der Waals surface area contributed by atoms with E-state index < -0.39 is 17.7 Å². The monoisotopic (exact) mass is 504 g/mol. The maximum absolute atomic E-state index is 13.5. The number of benzene rings is 2. The summed E-state index contributed by atoms with van der Waals surface area (Å²) in [5.74, 6) is -0.812. The van der Waals surface area contributed by atoms with Gasteiger partial charge in [0.2, 0.25) is 5.78 Å². The SMILES string of the molecule is CCCCOc1ccc(C2C(C(=O)c3cccs3)=C(O)C(=O)N2c2nc3ccc(C)cc3s2)cc1. The topological polar surface area (TPSA) is 79.7 Å². The largest absolute Gasteiger partial charge is 0.503 e. The van der Waals surface area contributed by atoms with Crippen LogP contribution in [0, 0.1) is 6.92 Å². The van der Waals surface area contributed by atoms with Crippen LogP contribution in [-0.4, -0.2) is 28.4 Å². The number of unbranched alkanes of at least 4 members (excludes halogenated alkanes) is 1. The fourth-order valence-electron chi connectivity index (χ4n) is 4.09. The number of fused-ring (bicyclic) bond motifs is 1. The number of hydrogen-bond donors (Lipinski definition) is 1. The maximum Gasteiger partial charge on any atom is 0.296 e. The molecule has 0 radical (unpaired) electrons. The molecule has 1 aliphatic heterocycles. The van der Waals surface area contributed by atoms with Crippen molar-refractivity contribution in [1.29, 1.82) is 0 Å². The lowest BCUT2D eigenvalue weighted by molar-refractivity contribution is -0.117. The molecule has 4 aromatic rings. The molecular weight excluding hydrogens is 480 g/mol. The van der Waals surface area contributed by atoms with Crippen molar-refractivity contribution in [2.75, 3.05) is 11.5 Å². The molecule has 1 unspecified atom stereocenters. The van der Waals surface area contributed by atoms with Crippen LogP contribution in [0.1, 0.15) is 46.6 Å². The third-order valence-corrected chi connectivity index (χ3v) is 7.79. The zero-order valence-electron chi connectivity index (χ0n) is 19.4. The van der Waals surface area contributed by atoms with Crippen LogP contribution in [-0.2, 0) is 4.79 Å². The fraction of sp³-hybridized carbons (Fsp3) is 0.222. The number of anilines is 1. The number of carbonyl (C=O) groups excluding carboxylic acids is 2. The van der Waals surface area contributed by atoms with Crippen molar-refractivity contribution >= 4 is 49.7 Å². The molecule has 8 heteroatoms. The fourth-order valence-corrected chi connectivity index (χ4v) is 5.86. The molecule has 0 saturated heterocycles. The predicted octanol–water partition coefficient (Wildman–Crippen LogP) is 6.63. The molecular formula is C27H24N2O4S2. The van der Waals surface area contributed by atoms with Gasteiger partial charge >= 0.3 is 0 Å². The van der Waals surface area contributed by atoms with Gasteiger partial charge in [-0.25, -0.2) is 4.98 Å². The van der Waals surface area contributed by atoms with Crippen molar-refractivity contribution in [3.05, 3.63) is 87.3 Å². The molecule has 2 aromatic carbocycles. The number of Topliss-reactive ketones (excluding diaryl/α,β-unsaturated/α-hetero) is 1. The summed E-state index contributed by atoms with van der Waals surface area (Å²) in [7, 11) is 0. The molecule has 0 aliphatic carbocycles. The highest BCUT2D eigenvalue weighted by atomic mass is 32.1. The number of aliphatic hydroxyl groups is 1. The van der Waals surface area contributed by atoms with E-state index >= 15 is 0 Å². The standard InChI is InChI=1S/C27H24N2O4S2/c1-3-4-13-33-18-10-8-17(9-11-18)23-22(24(30)20-6-5-14-34-20)25(31)26(32)29(23)27-28-19-12-7-16(2)15-21(19)35-27/h5-12,14-15,23,31H,3-4,13H2,1-2H3. The van der Waals surface area contributed by atoms with E-state index in [4.69, 9.17) is 4.74 Å². The van der Waals surface area contributed by atoms with Crippen LogP contribution in [0.4, 0.5) is 5.13 Å². The molecule has 6 nitrogen and oxygen atoms in total. The van der Waals surface area contributed by atoms with Crippen LogP contribution < -0.4 is 9.64 Å². The second-order valence-electron chi connectivity index (χ2n) is 8.39. The summed E-state index contributed by atoms with van der Waals surface area (Å²) in [4.78, 5) is 33.4. The van der Waals surface area contributed by atoms with Crippen LogP contribution in [0.3, 0.4) is 0 Å². The summed E-state index contributed by atoms with van der Waals surface area (Å²) in [5.41, 5.74) is 2.61. The van der Waals surface area contributed by atoms with Gasteiger partial charge in [0.1, 0.15) is 5.75 Å². The lowest BCUT2D eigenvalue weighted by Gasteiger charge is -2.24. The van der Waals surface area contributed by atoms with Gasteiger partial charge in [0, 0.05) is 0 Å². The molecule has 1 atom stereocenters. The smallest absolute Gasteiger partial charge is 0.296 e. The molecule has 0 spiro atoms. The van der Waals surface area contributed by atoms with E-state index in [9.17, 15) is 14.7 Å². The molecule has 35 heavy (non-hydrogen) atoms. The Morgan fingerprint density at radius 2 is 1.97 bits per heavy atom. The molecule has 0 saturated carbocycles. The average Bonchev–Trinajstić information content (AvgIpc) is 3.58. The quantitative estimate of drug-likeness (QED) is 0.215. The summed E-state index contributed by atoms with van der Waals surface area (Å²) in [6.07, 6.45) is 2.00. The van der Waals surface area contributed by atoms with Crippen molar-refractivity contribution in [3.8, 4) is 5.75 Å².